The van der Waals surface area contributed by atoms with Crippen molar-refractivity contribution < 1.29 is 14.3 Å². The third kappa shape index (κ3) is 5.68. The predicted octanol–water partition coefficient (Wildman–Crippen LogP) is 4.73. The van der Waals surface area contributed by atoms with Gasteiger partial charge in [0.2, 0.25) is 5.91 Å². The fourth-order valence-electron chi connectivity index (χ4n) is 3.26. The number of nitrogens with one attached hydrogen (secondary N) is 1. The van der Waals surface area contributed by atoms with Gasteiger partial charge in [-0.2, -0.15) is 0 Å². The van der Waals surface area contributed by atoms with E-state index in [0.29, 0.717) is 23.8 Å². The number of aryl methyl sites for hydroxylation is 3. The molecule has 1 aromatic carbocycles. The van der Waals surface area contributed by atoms with Gasteiger partial charge in [-0.15, -0.1) is 11.3 Å². The number of methoxy groups -OCH3 is 2. The normalized spacial score (nSPS) is 11.0. The molecule has 0 radical (unpaired) electrons. The van der Waals surface area contributed by atoms with Crippen molar-refractivity contribution >= 4 is 39.2 Å². The second-order valence-corrected chi connectivity index (χ2v) is 9.40. The van der Waals surface area contributed by atoms with E-state index in [0.717, 1.165) is 45.9 Å². The van der Waals surface area contributed by atoms with Crippen molar-refractivity contribution in [2.75, 3.05) is 26.5 Å². The molecule has 2 heterocycles. The molecule has 0 atom stereocenters. The van der Waals surface area contributed by atoms with Crippen molar-refractivity contribution in [1.82, 2.24) is 15.3 Å². The van der Waals surface area contributed by atoms with Crippen LogP contribution in [0, 0.1) is 13.8 Å². The smallest absolute Gasteiger partial charge is 0.230 e. The number of fused-ring (bicyclic) bond motifs is 1. The van der Waals surface area contributed by atoms with E-state index in [-0.39, 0.29) is 5.91 Å². The number of thioether (sulfide) groups is 1. The van der Waals surface area contributed by atoms with Gasteiger partial charge in [-0.05, 0) is 49.9 Å². The van der Waals surface area contributed by atoms with Crippen LogP contribution in [-0.4, -0.2) is 42.4 Å². The lowest BCUT2D eigenvalue weighted by atomic mass is 10.1. The molecule has 3 aromatic rings. The SMILES string of the molecule is CCCc1nc(SCC(=O)NCCc2ccc(OC)c(OC)c2)c2c(C)c(C)sc2n1. The molecule has 0 saturated carbocycles. The molecule has 1 N–H and O–H groups in total. The maximum absolute atomic E-state index is 12.4. The fourth-order valence-corrected chi connectivity index (χ4v) is 5.31. The first-order valence-corrected chi connectivity index (χ1v) is 12.1. The van der Waals surface area contributed by atoms with Gasteiger partial charge in [0.25, 0.3) is 0 Å². The number of carbonyl (C=O) groups excluding carboxylic acids is 1. The number of hydrogen-bond donors (Lipinski definition) is 1. The molecule has 0 saturated heterocycles. The lowest BCUT2D eigenvalue weighted by Gasteiger charge is -2.10. The molecule has 3 rings (SSSR count). The zero-order chi connectivity index (χ0) is 22.4. The number of amides is 1. The minimum Gasteiger partial charge on any atom is -0.493 e. The molecule has 0 aliphatic heterocycles. The molecule has 31 heavy (non-hydrogen) atoms. The number of hydrogen-bond acceptors (Lipinski definition) is 7. The van der Waals surface area contributed by atoms with E-state index in [1.165, 1.54) is 22.2 Å². The number of thiophene rings is 1. The van der Waals surface area contributed by atoms with Crippen LogP contribution in [-0.2, 0) is 17.6 Å². The summed E-state index contributed by atoms with van der Waals surface area (Å²) in [6.07, 6.45) is 2.56. The minimum atomic E-state index is -0.00103. The largest absolute Gasteiger partial charge is 0.493 e. The summed E-state index contributed by atoms with van der Waals surface area (Å²) in [5, 5.41) is 5.00. The molecule has 8 heteroatoms. The van der Waals surface area contributed by atoms with Crippen LogP contribution in [0.25, 0.3) is 10.2 Å². The second-order valence-electron chi connectivity index (χ2n) is 7.24. The summed E-state index contributed by atoms with van der Waals surface area (Å²) >= 11 is 3.19. The van der Waals surface area contributed by atoms with E-state index >= 15 is 0 Å². The van der Waals surface area contributed by atoms with Crippen LogP contribution in [0.1, 0.15) is 35.2 Å². The average Bonchev–Trinajstić information content (AvgIpc) is 3.05. The standard InChI is InChI=1S/C23H29N3O3S2/c1-6-7-19-25-22(21-14(2)15(3)31-23(21)26-19)30-13-20(27)24-11-10-16-8-9-17(28-4)18(12-16)29-5/h8-9,12H,6-7,10-11,13H2,1-5H3,(H,24,27). The van der Waals surface area contributed by atoms with Gasteiger partial charge >= 0.3 is 0 Å². The molecule has 166 valence electrons. The van der Waals surface area contributed by atoms with Crippen LogP contribution >= 0.6 is 23.1 Å². The Bertz CT molecular complexity index is 1070. The highest BCUT2D eigenvalue weighted by molar-refractivity contribution is 8.00. The summed E-state index contributed by atoms with van der Waals surface area (Å²) in [7, 11) is 3.23. The number of carbonyl (C=O) groups is 1. The number of benzene rings is 1. The lowest BCUT2D eigenvalue weighted by molar-refractivity contribution is -0.118. The van der Waals surface area contributed by atoms with Crippen molar-refractivity contribution in [2.24, 2.45) is 0 Å². The Hall–Kier alpha value is -2.32. The zero-order valence-corrected chi connectivity index (χ0v) is 20.3. The first-order chi connectivity index (χ1) is 15.0. The Kier molecular flexibility index (Phi) is 8.15. The van der Waals surface area contributed by atoms with Gasteiger partial charge in [0.15, 0.2) is 11.5 Å². The Labute approximate surface area is 191 Å². The Morgan fingerprint density at radius 3 is 2.61 bits per heavy atom. The van der Waals surface area contributed by atoms with Crippen molar-refractivity contribution in [2.45, 2.75) is 45.1 Å². The summed E-state index contributed by atoms with van der Waals surface area (Å²) in [5.41, 5.74) is 2.29. The molecule has 2 aromatic heterocycles. The molecule has 0 unspecified atom stereocenters. The van der Waals surface area contributed by atoms with Gasteiger partial charge < -0.3 is 14.8 Å². The highest BCUT2D eigenvalue weighted by Gasteiger charge is 2.16. The third-order valence-corrected chi connectivity index (χ3v) is 7.12. The van der Waals surface area contributed by atoms with Crippen LogP contribution in [0.2, 0.25) is 0 Å². The van der Waals surface area contributed by atoms with E-state index < -0.39 is 0 Å². The zero-order valence-electron chi connectivity index (χ0n) is 18.7. The highest BCUT2D eigenvalue weighted by Crippen LogP contribution is 2.35. The number of rotatable bonds is 10. The summed E-state index contributed by atoms with van der Waals surface area (Å²) in [6.45, 7) is 6.89. The van der Waals surface area contributed by atoms with E-state index in [1.807, 2.05) is 18.2 Å². The Morgan fingerprint density at radius 2 is 1.90 bits per heavy atom. The first-order valence-electron chi connectivity index (χ1n) is 10.3. The number of aromatic nitrogens is 2. The van der Waals surface area contributed by atoms with Crippen LogP contribution in [0.15, 0.2) is 23.2 Å². The van der Waals surface area contributed by atoms with Gasteiger partial charge in [0, 0.05) is 23.2 Å². The highest BCUT2D eigenvalue weighted by atomic mass is 32.2. The lowest BCUT2D eigenvalue weighted by Crippen LogP contribution is -2.27. The summed E-state index contributed by atoms with van der Waals surface area (Å²) in [6, 6.07) is 5.80. The molecule has 0 spiro atoms. The molecule has 1 amide bonds. The Balaban J connectivity index is 1.60. The van der Waals surface area contributed by atoms with Crippen molar-refractivity contribution in [3.8, 4) is 11.5 Å². The maximum Gasteiger partial charge on any atom is 0.230 e. The molecular weight excluding hydrogens is 430 g/mol. The molecule has 0 bridgehead atoms. The van der Waals surface area contributed by atoms with Gasteiger partial charge in [-0.25, -0.2) is 9.97 Å². The van der Waals surface area contributed by atoms with Gasteiger partial charge in [0.1, 0.15) is 15.7 Å². The molecular formula is C23H29N3O3S2. The second kappa shape index (κ2) is 10.8. The van der Waals surface area contributed by atoms with E-state index in [2.05, 4.69) is 26.1 Å². The summed E-state index contributed by atoms with van der Waals surface area (Å²) < 4.78 is 10.6. The quantitative estimate of drug-likeness (QED) is 0.349. The van der Waals surface area contributed by atoms with Gasteiger partial charge in [-0.1, -0.05) is 24.8 Å². The van der Waals surface area contributed by atoms with Crippen molar-refractivity contribution in [3.05, 3.63) is 40.0 Å². The predicted molar refractivity (Wildman–Crippen MR) is 128 cm³/mol. The number of nitrogens with zero attached hydrogens (tertiary/aromatic N) is 2. The molecule has 0 aliphatic rings. The Morgan fingerprint density at radius 1 is 1.13 bits per heavy atom. The van der Waals surface area contributed by atoms with E-state index in [4.69, 9.17) is 19.4 Å². The van der Waals surface area contributed by atoms with E-state index in [1.54, 1.807) is 25.6 Å². The molecule has 6 nitrogen and oxygen atoms in total. The van der Waals surface area contributed by atoms with Crippen molar-refractivity contribution in [1.29, 1.82) is 0 Å². The number of ether oxygens (including phenoxy) is 2. The van der Waals surface area contributed by atoms with Crippen LogP contribution in [0.5, 0.6) is 11.5 Å². The minimum absolute atomic E-state index is 0.00103. The third-order valence-electron chi connectivity index (χ3n) is 5.04. The van der Waals surface area contributed by atoms with Gasteiger partial charge in [-0.3, -0.25) is 4.79 Å². The average molecular weight is 460 g/mol. The first kappa shape index (κ1) is 23.3. The van der Waals surface area contributed by atoms with E-state index in [9.17, 15) is 4.79 Å². The van der Waals surface area contributed by atoms with Gasteiger partial charge in [0.05, 0.1) is 20.0 Å². The van der Waals surface area contributed by atoms with Crippen LogP contribution in [0.4, 0.5) is 0 Å². The maximum atomic E-state index is 12.4. The monoisotopic (exact) mass is 459 g/mol. The summed E-state index contributed by atoms with van der Waals surface area (Å²) in [4.78, 5) is 24.2. The van der Waals surface area contributed by atoms with Crippen LogP contribution in [0.3, 0.4) is 0 Å². The summed E-state index contributed by atoms with van der Waals surface area (Å²) in [5.74, 6) is 2.58. The topological polar surface area (TPSA) is 73.3 Å². The fraction of sp³-hybridized carbons (Fsp3) is 0.435. The molecule has 0 aliphatic carbocycles. The molecule has 0 fully saturated rings. The van der Waals surface area contributed by atoms with Crippen molar-refractivity contribution in [3.63, 3.8) is 0 Å². The van der Waals surface area contributed by atoms with Crippen LogP contribution < -0.4 is 14.8 Å².